The number of alkyl halides is 3. The molecule has 2 aromatic heterocycles. The van der Waals surface area contributed by atoms with Crippen molar-refractivity contribution in [2.24, 2.45) is 0 Å². The normalized spacial score (nSPS) is 14.3. The molecule has 1 aliphatic rings. The number of pyridine rings is 1. The maximum absolute atomic E-state index is 13.9. The molecule has 1 fully saturated rings. The first-order valence-electron chi connectivity index (χ1n) is 12.5. The van der Waals surface area contributed by atoms with Crippen LogP contribution >= 0.6 is 17.0 Å². The predicted molar refractivity (Wildman–Crippen MR) is 154 cm³/mol. The second kappa shape index (κ2) is 12.2. The van der Waals surface area contributed by atoms with Crippen molar-refractivity contribution in [3.05, 3.63) is 88.2 Å². The fourth-order valence-corrected chi connectivity index (χ4v) is 4.45. The van der Waals surface area contributed by atoms with Gasteiger partial charge in [-0.2, -0.15) is 18.3 Å². The molecule has 0 bridgehead atoms. The zero-order valence-corrected chi connectivity index (χ0v) is 23.7. The highest BCUT2D eigenvalue weighted by molar-refractivity contribution is 8.93. The molecule has 0 radical (unpaired) electrons. The van der Waals surface area contributed by atoms with Crippen LogP contribution in [-0.4, -0.2) is 64.1 Å². The van der Waals surface area contributed by atoms with Gasteiger partial charge in [0.15, 0.2) is 5.65 Å². The summed E-state index contributed by atoms with van der Waals surface area (Å²) < 4.78 is 41.8. The highest BCUT2D eigenvalue weighted by atomic mass is 79.9. The van der Waals surface area contributed by atoms with E-state index in [4.69, 9.17) is 0 Å². The molecule has 1 saturated heterocycles. The molecular formula is C29H28BrF3N6O. The molecule has 0 atom stereocenters. The lowest BCUT2D eigenvalue weighted by Gasteiger charge is -2.33. The molecule has 1 aliphatic heterocycles. The molecule has 208 valence electrons. The monoisotopic (exact) mass is 612 g/mol. The number of hydrogen-bond donors (Lipinski definition) is 2. The molecule has 11 heteroatoms. The van der Waals surface area contributed by atoms with E-state index in [9.17, 15) is 18.0 Å². The number of hydrogen-bond acceptors (Lipinski definition) is 5. The highest BCUT2D eigenvalue weighted by Crippen LogP contribution is 2.34. The van der Waals surface area contributed by atoms with E-state index in [1.165, 1.54) is 12.1 Å². The minimum atomic E-state index is -4.54. The summed E-state index contributed by atoms with van der Waals surface area (Å²) in [5.74, 6) is 5.60. The highest BCUT2D eigenvalue weighted by Gasteiger charge is 2.34. The first-order chi connectivity index (χ1) is 18.7. The summed E-state index contributed by atoms with van der Waals surface area (Å²) in [6, 6.07) is 10.9. The molecule has 40 heavy (non-hydrogen) atoms. The van der Waals surface area contributed by atoms with Crippen LogP contribution in [0.1, 0.15) is 38.2 Å². The largest absolute Gasteiger partial charge is 0.416 e. The number of carbonyl (C=O) groups excluding carboxylic acids is 1. The lowest BCUT2D eigenvalue weighted by Crippen LogP contribution is -2.44. The first-order valence-corrected chi connectivity index (χ1v) is 12.5. The van der Waals surface area contributed by atoms with Crippen molar-refractivity contribution in [2.45, 2.75) is 19.6 Å². The molecule has 0 unspecified atom stereocenters. The number of rotatable bonds is 4. The summed E-state index contributed by atoms with van der Waals surface area (Å²) in [4.78, 5) is 21.4. The third-order valence-corrected chi connectivity index (χ3v) is 6.80. The van der Waals surface area contributed by atoms with Gasteiger partial charge in [0, 0.05) is 66.7 Å². The smallest absolute Gasteiger partial charge is 0.322 e. The van der Waals surface area contributed by atoms with Crippen LogP contribution in [0.4, 0.5) is 18.9 Å². The van der Waals surface area contributed by atoms with Gasteiger partial charge in [0.1, 0.15) is 0 Å². The first kappa shape index (κ1) is 29.3. The van der Waals surface area contributed by atoms with E-state index in [0.29, 0.717) is 35.4 Å². The fourth-order valence-electron chi connectivity index (χ4n) is 4.45. The summed E-state index contributed by atoms with van der Waals surface area (Å²) >= 11 is 0. The Bertz CT molecular complexity index is 1580. The Morgan fingerprint density at radius 1 is 1.05 bits per heavy atom. The van der Waals surface area contributed by atoms with Gasteiger partial charge in [0.25, 0.3) is 5.91 Å². The van der Waals surface area contributed by atoms with Crippen LogP contribution in [-0.2, 0) is 12.7 Å². The van der Waals surface area contributed by atoms with Gasteiger partial charge in [-0.25, -0.2) is 4.98 Å². The molecule has 2 N–H and O–H groups in total. The molecule has 0 aliphatic carbocycles. The Labute approximate surface area is 240 Å². The van der Waals surface area contributed by atoms with Crippen LogP contribution in [0.15, 0.2) is 54.9 Å². The number of H-pyrrole nitrogens is 1. The molecule has 1 amide bonds. The Kier molecular flexibility index (Phi) is 8.93. The average Bonchev–Trinajstić information content (AvgIpc) is 3.38. The van der Waals surface area contributed by atoms with Gasteiger partial charge >= 0.3 is 6.18 Å². The Morgan fingerprint density at radius 2 is 1.82 bits per heavy atom. The molecule has 2 aromatic carbocycles. The average molecular weight is 613 g/mol. The zero-order chi connectivity index (χ0) is 27.6. The Hall–Kier alpha value is -3.72. The summed E-state index contributed by atoms with van der Waals surface area (Å²) in [6.45, 7) is 5.13. The van der Waals surface area contributed by atoms with Gasteiger partial charge in [-0.05, 0) is 55.4 Å². The lowest BCUT2D eigenvalue weighted by molar-refractivity contribution is -0.138. The van der Waals surface area contributed by atoms with E-state index >= 15 is 0 Å². The molecule has 5 rings (SSSR count). The topological polar surface area (TPSA) is 77.2 Å². The molecule has 4 aromatic rings. The number of aromatic nitrogens is 3. The van der Waals surface area contributed by atoms with E-state index in [-0.39, 0.29) is 34.8 Å². The number of aromatic amines is 1. The third-order valence-electron chi connectivity index (χ3n) is 6.80. The van der Waals surface area contributed by atoms with Crippen molar-refractivity contribution in [1.29, 1.82) is 0 Å². The number of nitrogens with zero attached hydrogens (tertiary/aromatic N) is 4. The molecular weight excluding hydrogens is 585 g/mol. The number of anilines is 1. The fraction of sp³-hybridized carbons (Fsp3) is 0.276. The lowest BCUT2D eigenvalue weighted by atomic mass is 10.0. The number of nitrogens with one attached hydrogen (secondary N) is 2. The van der Waals surface area contributed by atoms with E-state index in [2.05, 4.69) is 37.2 Å². The standard InChI is InChI=1S/C29H27F3N6O.BrH/c1-19-3-5-22(14-21(19)6-4-20-13-24-17-34-36-27(24)33-16-20)28(39)35-25-8-7-23(26(15-25)29(30,31)32)18-38-11-9-37(2)10-12-38;/h3,5,7-8,13-17H,9-12,18H2,1-2H3,(H,35,39)(H,33,34,36);1H. The number of piperazine rings is 1. The maximum atomic E-state index is 13.9. The molecule has 0 spiro atoms. The minimum absolute atomic E-state index is 0. The second-order valence-electron chi connectivity index (χ2n) is 9.71. The number of amides is 1. The number of halogens is 4. The van der Waals surface area contributed by atoms with Gasteiger partial charge in [-0.3, -0.25) is 14.8 Å². The van der Waals surface area contributed by atoms with Crippen LogP contribution in [0.3, 0.4) is 0 Å². The SMILES string of the molecule is Br.Cc1ccc(C(=O)Nc2ccc(CN3CCN(C)CC3)c(C(F)(F)F)c2)cc1C#Cc1cnc2[nH]ncc2c1. The third kappa shape index (κ3) is 6.88. The number of benzene rings is 2. The Morgan fingerprint density at radius 3 is 2.58 bits per heavy atom. The minimum Gasteiger partial charge on any atom is -0.322 e. The van der Waals surface area contributed by atoms with E-state index < -0.39 is 17.6 Å². The number of aryl methyl sites for hydroxylation is 1. The van der Waals surface area contributed by atoms with Crippen LogP contribution in [0, 0.1) is 18.8 Å². The quantitative estimate of drug-likeness (QED) is 0.307. The second-order valence-corrected chi connectivity index (χ2v) is 9.71. The van der Waals surface area contributed by atoms with Gasteiger partial charge in [-0.1, -0.05) is 24.0 Å². The summed E-state index contributed by atoms with van der Waals surface area (Å²) in [5.41, 5.74) is 2.69. The van der Waals surface area contributed by atoms with Gasteiger partial charge in [0.2, 0.25) is 0 Å². The van der Waals surface area contributed by atoms with Crippen molar-refractivity contribution < 1.29 is 18.0 Å². The maximum Gasteiger partial charge on any atom is 0.416 e. The number of likely N-dealkylation sites (N-methyl/N-ethyl adjacent to an activating group) is 1. The van der Waals surface area contributed by atoms with E-state index in [1.807, 2.05) is 24.9 Å². The van der Waals surface area contributed by atoms with Crippen LogP contribution in [0.25, 0.3) is 11.0 Å². The number of carbonyl (C=O) groups is 1. The van der Waals surface area contributed by atoms with Crippen molar-refractivity contribution in [1.82, 2.24) is 25.0 Å². The predicted octanol–water partition coefficient (Wildman–Crippen LogP) is 5.26. The number of fused-ring (bicyclic) bond motifs is 1. The van der Waals surface area contributed by atoms with Crippen LogP contribution in [0.2, 0.25) is 0 Å². The molecule has 3 heterocycles. The van der Waals surface area contributed by atoms with Crippen molar-refractivity contribution in [3.63, 3.8) is 0 Å². The molecule has 0 saturated carbocycles. The van der Waals surface area contributed by atoms with Crippen LogP contribution in [0.5, 0.6) is 0 Å². The van der Waals surface area contributed by atoms with Crippen molar-refractivity contribution >= 4 is 39.6 Å². The summed E-state index contributed by atoms with van der Waals surface area (Å²) in [5, 5.41) is 10.2. The van der Waals surface area contributed by atoms with Crippen molar-refractivity contribution in [3.8, 4) is 11.8 Å². The Balaban J connectivity index is 0.00000370. The van der Waals surface area contributed by atoms with Gasteiger partial charge in [-0.15, -0.1) is 17.0 Å². The van der Waals surface area contributed by atoms with Crippen molar-refractivity contribution in [2.75, 3.05) is 38.5 Å². The van der Waals surface area contributed by atoms with Crippen LogP contribution < -0.4 is 5.32 Å². The van der Waals surface area contributed by atoms with Gasteiger partial charge < -0.3 is 10.2 Å². The zero-order valence-electron chi connectivity index (χ0n) is 22.0. The van der Waals surface area contributed by atoms with E-state index in [1.54, 1.807) is 30.6 Å². The van der Waals surface area contributed by atoms with E-state index in [0.717, 1.165) is 30.1 Å². The van der Waals surface area contributed by atoms with Gasteiger partial charge in [0.05, 0.1) is 11.8 Å². The summed E-state index contributed by atoms with van der Waals surface area (Å²) in [7, 11) is 2.00. The summed E-state index contributed by atoms with van der Waals surface area (Å²) in [6.07, 6.45) is -1.25. The molecule has 7 nitrogen and oxygen atoms in total.